The molecule has 0 radical (unpaired) electrons. The Balaban J connectivity index is 1.19. The second kappa shape index (κ2) is 9.57. The van der Waals surface area contributed by atoms with Gasteiger partial charge in [-0.25, -0.2) is 9.97 Å². The molecule has 3 nitrogen and oxygen atoms in total. The van der Waals surface area contributed by atoms with Gasteiger partial charge in [0.2, 0.25) is 0 Å². The second-order valence-corrected chi connectivity index (χ2v) is 13.6. The summed E-state index contributed by atoms with van der Waals surface area (Å²) in [7, 11) is 0. The summed E-state index contributed by atoms with van der Waals surface area (Å²) in [6.45, 7) is 0. The third kappa shape index (κ3) is 3.95. The molecule has 45 heavy (non-hydrogen) atoms. The molecule has 0 aliphatic carbocycles. The predicted octanol–water partition coefficient (Wildman–Crippen LogP) is 12.1. The van der Waals surface area contributed by atoms with Crippen LogP contribution < -0.4 is 0 Å². The van der Waals surface area contributed by atoms with Gasteiger partial charge in [-0.3, -0.25) is 0 Å². The number of nitrogens with zero attached hydrogens (tertiary/aromatic N) is 2. The molecule has 6 aromatic carbocycles. The van der Waals surface area contributed by atoms with Gasteiger partial charge in [-0.2, -0.15) is 0 Å². The molecular weight excluding hydrogens is 589 g/mol. The number of aromatic nitrogens is 2. The molecule has 0 bridgehead atoms. The molecule has 0 aliphatic heterocycles. The lowest BCUT2D eigenvalue weighted by molar-refractivity contribution is 0.669. The summed E-state index contributed by atoms with van der Waals surface area (Å²) in [6.07, 6.45) is 0. The third-order valence-electron chi connectivity index (χ3n) is 8.71. The van der Waals surface area contributed by atoms with Crippen LogP contribution in [0, 0.1) is 0 Å². The number of hydrogen-bond donors (Lipinski definition) is 0. The van der Waals surface area contributed by atoms with Gasteiger partial charge < -0.3 is 4.42 Å². The van der Waals surface area contributed by atoms with E-state index in [-0.39, 0.29) is 0 Å². The number of furan rings is 1. The number of thiophene rings is 2. The first-order valence-corrected chi connectivity index (χ1v) is 16.5. The Morgan fingerprint density at radius 3 is 1.76 bits per heavy atom. The fourth-order valence-corrected chi connectivity index (χ4v) is 8.74. The second-order valence-electron chi connectivity index (χ2n) is 11.4. The molecule has 0 N–H and O–H groups in total. The Bertz CT molecular complexity index is 2650. The number of rotatable bonds is 3. The minimum absolute atomic E-state index is 0.677. The van der Waals surface area contributed by atoms with Crippen LogP contribution in [0.5, 0.6) is 0 Å². The zero-order valence-electron chi connectivity index (χ0n) is 23.8. The maximum absolute atomic E-state index is 6.25. The van der Waals surface area contributed by atoms with Crippen molar-refractivity contribution < 1.29 is 4.42 Å². The van der Waals surface area contributed by atoms with Crippen molar-refractivity contribution in [1.82, 2.24) is 9.97 Å². The quantitative estimate of drug-likeness (QED) is 0.200. The van der Waals surface area contributed by atoms with E-state index in [0.29, 0.717) is 5.82 Å². The average molecular weight is 611 g/mol. The number of para-hydroxylation sites is 1. The summed E-state index contributed by atoms with van der Waals surface area (Å²) < 4.78 is 11.4. The number of hydrogen-bond acceptors (Lipinski definition) is 5. The molecule has 0 saturated carbocycles. The van der Waals surface area contributed by atoms with Crippen molar-refractivity contribution in [3.05, 3.63) is 133 Å². The predicted molar refractivity (Wildman–Crippen MR) is 191 cm³/mol. The maximum atomic E-state index is 6.25. The van der Waals surface area contributed by atoms with Crippen molar-refractivity contribution >= 4 is 85.0 Å². The highest BCUT2D eigenvalue weighted by Crippen LogP contribution is 2.39. The lowest BCUT2D eigenvalue weighted by Gasteiger charge is -2.10. The molecule has 4 heterocycles. The van der Waals surface area contributed by atoms with Gasteiger partial charge >= 0.3 is 0 Å². The van der Waals surface area contributed by atoms with E-state index >= 15 is 0 Å². The van der Waals surface area contributed by atoms with Gasteiger partial charge in [0.25, 0.3) is 0 Å². The fourth-order valence-electron chi connectivity index (χ4n) is 6.51. The molecule has 10 rings (SSSR count). The van der Waals surface area contributed by atoms with Gasteiger partial charge in [0.05, 0.1) is 11.4 Å². The van der Waals surface area contributed by atoms with Gasteiger partial charge in [-0.05, 0) is 54.6 Å². The summed E-state index contributed by atoms with van der Waals surface area (Å²) in [5, 5.41) is 7.31. The third-order valence-corrected chi connectivity index (χ3v) is 11.0. The molecule has 0 spiro atoms. The van der Waals surface area contributed by atoms with Crippen molar-refractivity contribution in [2.75, 3.05) is 0 Å². The topological polar surface area (TPSA) is 38.9 Å². The van der Waals surface area contributed by atoms with Crippen LogP contribution in [0.3, 0.4) is 0 Å². The minimum atomic E-state index is 0.677. The van der Waals surface area contributed by atoms with E-state index in [2.05, 4.69) is 115 Å². The normalized spacial score (nSPS) is 12.0. The highest BCUT2D eigenvalue weighted by molar-refractivity contribution is 7.26. The lowest BCUT2D eigenvalue weighted by atomic mass is 10.0. The van der Waals surface area contributed by atoms with Crippen LogP contribution >= 0.6 is 22.7 Å². The van der Waals surface area contributed by atoms with E-state index in [1.807, 2.05) is 40.9 Å². The fraction of sp³-hybridized carbons (Fsp3) is 0. The Morgan fingerprint density at radius 2 is 0.933 bits per heavy atom. The zero-order valence-corrected chi connectivity index (χ0v) is 25.5. The van der Waals surface area contributed by atoms with Crippen LogP contribution in [0.4, 0.5) is 0 Å². The van der Waals surface area contributed by atoms with Crippen molar-refractivity contribution in [2.45, 2.75) is 0 Å². The SMILES string of the molecule is c1ccc2c(c1)oc1cc(-c3nc(-c4ccc5c(c4)sc4ccccc45)cc(-c4ccc5sc6ccccc6c5c4)n3)ccc12. The van der Waals surface area contributed by atoms with E-state index in [4.69, 9.17) is 14.4 Å². The minimum Gasteiger partial charge on any atom is -0.456 e. The van der Waals surface area contributed by atoms with Crippen molar-refractivity contribution in [2.24, 2.45) is 0 Å². The van der Waals surface area contributed by atoms with E-state index in [9.17, 15) is 0 Å². The molecule has 0 atom stereocenters. The van der Waals surface area contributed by atoms with E-state index in [1.165, 1.54) is 40.3 Å². The molecule has 4 aromatic heterocycles. The largest absolute Gasteiger partial charge is 0.456 e. The van der Waals surface area contributed by atoms with Crippen molar-refractivity contribution in [1.29, 1.82) is 0 Å². The standard InChI is InChI=1S/C40H22N2OS2/c1-4-10-34-26(7-1)27-16-14-25(20-35(27)43-34)40-41-32(23-15-18-38-31(19-23)29-9-3-6-12-37(29)44-38)22-33(42-40)24-13-17-30-28-8-2-5-11-36(28)45-39(30)21-24/h1-22H. The van der Waals surface area contributed by atoms with Crippen LogP contribution in [0.2, 0.25) is 0 Å². The van der Waals surface area contributed by atoms with Crippen LogP contribution in [-0.2, 0) is 0 Å². The summed E-state index contributed by atoms with van der Waals surface area (Å²) in [5.74, 6) is 0.677. The van der Waals surface area contributed by atoms with Gasteiger partial charge in [0, 0.05) is 67.8 Å². The monoisotopic (exact) mass is 610 g/mol. The average Bonchev–Trinajstić information content (AvgIpc) is 3.78. The molecule has 0 unspecified atom stereocenters. The summed E-state index contributed by atoms with van der Waals surface area (Å²) in [6, 6.07) is 47.2. The summed E-state index contributed by atoms with van der Waals surface area (Å²) in [5.41, 5.74) is 6.59. The molecule has 0 amide bonds. The van der Waals surface area contributed by atoms with Crippen molar-refractivity contribution in [3.8, 4) is 33.9 Å². The maximum Gasteiger partial charge on any atom is 0.160 e. The van der Waals surface area contributed by atoms with Gasteiger partial charge in [0.1, 0.15) is 11.2 Å². The van der Waals surface area contributed by atoms with Gasteiger partial charge in [0.15, 0.2) is 5.82 Å². The molecule has 0 saturated heterocycles. The smallest absolute Gasteiger partial charge is 0.160 e. The Morgan fingerprint density at radius 1 is 0.378 bits per heavy atom. The Hall–Kier alpha value is -5.36. The van der Waals surface area contributed by atoms with Crippen LogP contribution in [0.25, 0.3) is 96.2 Å². The van der Waals surface area contributed by atoms with Crippen LogP contribution in [0.1, 0.15) is 0 Å². The van der Waals surface area contributed by atoms with E-state index in [1.54, 1.807) is 0 Å². The van der Waals surface area contributed by atoms with Gasteiger partial charge in [-0.1, -0.05) is 78.9 Å². The van der Waals surface area contributed by atoms with E-state index < -0.39 is 0 Å². The molecule has 0 aliphatic rings. The highest BCUT2D eigenvalue weighted by atomic mass is 32.1. The summed E-state index contributed by atoms with van der Waals surface area (Å²) in [4.78, 5) is 10.4. The molecular formula is C40H22N2OS2. The first-order valence-electron chi connectivity index (χ1n) is 14.9. The molecule has 210 valence electrons. The summed E-state index contributed by atoms with van der Waals surface area (Å²) >= 11 is 3.65. The van der Waals surface area contributed by atoms with Gasteiger partial charge in [-0.15, -0.1) is 22.7 Å². The molecule has 0 fully saturated rings. The first-order chi connectivity index (χ1) is 22.2. The zero-order chi connectivity index (χ0) is 29.5. The Kier molecular flexibility index (Phi) is 5.32. The van der Waals surface area contributed by atoms with Crippen LogP contribution in [-0.4, -0.2) is 9.97 Å². The molecule has 5 heteroatoms. The number of benzene rings is 6. The number of fused-ring (bicyclic) bond motifs is 9. The van der Waals surface area contributed by atoms with E-state index in [0.717, 1.165) is 50.0 Å². The lowest BCUT2D eigenvalue weighted by Crippen LogP contribution is -1.96. The first kappa shape index (κ1) is 25.0. The Labute approximate surface area is 265 Å². The van der Waals surface area contributed by atoms with Crippen molar-refractivity contribution in [3.63, 3.8) is 0 Å². The highest BCUT2D eigenvalue weighted by Gasteiger charge is 2.16. The molecule has 10 aromatic rings. The van der Waals surface area contributed by atoms with Crippen LogP contribution in [0.15, 0.2) is 138 Å².